The third-order valence-electron chi connectivity index (χ3n) is 4.77. The third kappa shape index (κ3) is 2.73. The molecule has 2 heteroatoms. The Balaban J connectivity index is 2.19. The van der Waals surface area contributed by atoms with Gasteiger partial charge in [0, 0.05) is 31.3 Å². The molecule has 0 amide bonds. The van der Waals surface area contributed by atoms with Gasteiger partial charge >= 0.3 is 0 Å². The summed E-state index contributed by atoms with van der Waals surface area (Å²) in [5.41, 5.74) is 6.55. The number of hydrogen-bond donors (Lipinski definition) is 0. The fourth-order valence-electron chi connectivity index (χ4n) is 3.64. The zero-order valence-corrected chi connectivity index (χ0v) is 15.1. The highest BCUT2D eigenvalue weighted by Crippen LogP contribution is 2.42. The predicted molar refractivity (Wildman–Crippen MR) is 102 cm³/mol. The second-order valence-corrected chi connectivity index (χ2v) is 6.14. The molecule has 2 aromatic carbocycles. The molecule has 3 rings (SSSR count). The van der Waals surface area contributed by atoms with Gasteiger partial charge in [0.25, 0.3) is 0 Å². The summed E-state index contributed by atoms with van der Waals surface area (Å²) in [5.74, 6) is 1.35. The predicted octanol–water partition coefficient (Wildman–Crippen LogP) is 4.96. The van der Waals surface area contributed by atoms with Gasteiger partial charge in [0.2, 0.25) is 0 Å². The second-order valence-electron chi connectivity index (χ2n) is 6.14. The van der Waals surface area contributed by atoms with E-state index in [2.05, 4.69) is 98.3 Å². The number of allylic oxidation sites excluding steroid dienone is 1. The number of nitrogens with zero attached hydrogens (tertiary/aromatic N) is 2. The highest BCUT2D eigenvalue weighted by Gasteiger charge is 2.32. The smallest absolute Gasteiger partial charge is 0.113 e. The van der Waals surface area contributed by atoms with Crippen LogP contribution >= 0.6 is 0 Å². The van der Waals surface area contributed by atoms with Gasteiger partial charge in [0.15, 0.2) is 0 Å². The summed E-state index contributed by atoms with van der Waals surface area (Å²) in [6.45, 7) is 8.75. The molecule has 0 saturated heterocycles. The molecule has 0 aliphatic carbocycles. The van der Waals surface area contributed by atoms with Gasteiger partial charge < -0.3 is 9.80 Å². The van der Waals surface area contributed by atoms with E-state index in [0.717, 1.165) is 13.1 Å². The average molecular weight is 318 g/mol. The average Bonchev–Trinajstić information content (AvgIpc) is 2.65. The van der Waals surface area contributed by atoms with Gasteiger partial charge in [0.05, 0.1) is 5.70 Å². The van der Waals surface area contributed by atoms with Crippen LogP contribution in [0.4, 0.5) is 0 Å². The van der Waals surface area contributed by atoms with Gasteiger partial charge in [-0.1, -0.05) is 60.7 Å². The fourth-order valence-corrected chi connectivity index (χ4v) is 3.64. The second kappa shape index (κ2) is 6.96. The molecule has 24 heavy (non-hydrogen) atoms. The van der Waals surface area contributed by atoms with Crippen molar-refractivity contribution in [3.05, 3.63) is 88.9 Å². The van der Waals surface area contributed by atoms with Crippen molar-refractivity contribution in [2.75, 3.05) is 20.1 Å². The largest absolute Gasteiger partial charge is 0.358 e. The van der Waals surface area contributed by atoms with Crippen LogP contribution in [0.25, 0.3) is 5.57 Å². The molecule has 0 atom stereocenters. The van der Waals surface area contributed by atoms with Crippen LogP contribution in [0, 0.1) is 0 Å². The van der Waals surface area contributed by atoms with Crippen molar-refractivity contribution in [2.45, 2.75) is 20.8 Å². The molecule has 1 heterocycles. The van der Waals surface area contributed by atoms with E-state index < -0.39 is 0 Å². The molecule has 0 saturated carbocycles. The van der Waals surface area contributed by atoms with Crippen LogP contribution in [-0.4, -0.2) is 29.9 Å². The molecule has 2 nitrogen and oxygen atoms in total. The van der Waals surface area contributed by atoms with Crippen LogP contribution in [0.15, 0.2) is 77.8 Å². The number of likely N-dealkylation sites (N-methyl/N-ethyl adjacent to an activating group) is 1. The maximum atomic E-state index is 2.42. The van der Waals surface area contributed by atoms with E-state index in [1.54, 1.807) is 0 Å². The highest BCUT2D eigenvalue weighted by atomic mass is 15.4. The SMILES string of the molecule is CCN(CC)C1=C(C)C(=C(c2ccccc2)c2ccccc2)N1C. The quantitative estimate of drug-likeness (QED) is 0.768. The number of hydrogen-bond acceptors (Lipinski definition) is 2. The van der Waals surface area contributed by atoms with E-state index in [-0.39, 0.29) is 0 Å². The maximum absolute atomic E-state index is 2.42. The zero-order chi connectivity index (χ0) is 17.1. The molecule has 0 N–H and O–H groups in total. The molecule has 0 bridgehead atoms. The fraction of sp³-hybridized carbons (Fsp3) is 0.273. The Morgan fingerprint density at radius 2 is 1.29 bits per heavy atom. The Labute approximate surface area is 145 Å². The van der Waals surface area contributed by atoms with Crippen LogP contribution in [-0.2, 0) is 0 Å². The first kappa shape index (κ1) is 16.4. The van der Waals surface area contributed by atoms with Crippen molar-refractivity contribution in [2.24, 2.45) is 0 Å². The lowest BCUT2D eigenvalue weighted by Crippen LogP contribution is -2.41. The molecular weight excluding hydrogens is 292 g/mol. The first-order valence-corrected chi connectivity index (χ1v) is 8.74. The molecule has 0 aromatic heterocycles. The maximum Gasteiger partial charge on any atom is 0.113 e. The topological polar surface area (TPSA) is 6.48 Å². The molecule has 124 valence electrons. The Morgan fingerprint density at radius 1 is 0.833 bits per heavy atom. The van der Waals surface area contributed by atoms with Gasteiger partial charge in [-0.05, 0) is 31.9 Å². The zero-order valence-electron chi connectivity index (χ0n) is 15.1. The van der Waals surface area contributed by atoms with Crippen molar-refractivity contribution >= 4 is 5.57 Å². The van der Waals surface area contributed by atoms with Gasteiger partial charge in [-0.2, -0.15) is 0 Å². The lowest BCUT2D eigenvalue weighted by atomic mass is 9.89. The van der Waals surface area contributed by atoms with Gasteiger partial charge in [-0.25, -0.2) is 0 Å². The summed E-state index contributed by atoms with van der Waals surface area (Å²) in [6, 6.07) is 21.4. The van der Waals surface area contributed by atoms with Gasteiger partial charge in [-0.15, -0.1) is 0 Å². The van der Waals surface area contributed by atoms with Crippen LogP contribution < -0.4 is 0 Å². The summed E-state index contributed by atoms with van der Waals surface area (Å²) in [6.07, 6.45) is 0. The van der Waals surface area contributed by atoms with Crippen LogP contribution in [0.5, 0.6) is 0 Å². The Hall–Kier alpha value is -2.48. The van der Waals surface area contributed by atoms with E-state index >= 15 is 0 Å². The summed E-state index contributed by atoms with van der Waals surface area (Å²) in [5, 5.41) is 0. The lowest BCUT2D eigenvalue weighted by Gasteiger charge is -2.44. The van der Waals surface area contributed by atoms with E-state index in [9.17, 15) is 0 Å². The van der Waals surface area contributed by atoms with Crippen molar-refractivity contribution in [1.29, 1.82) is 0 Å². The van der Waals surface area contributed by atoms with E-state index in [1.165, 1.54) is 33.8 Å². The molecule has 1 aliphatic heterocycles. The standard InChI is InChI=1S/C22H26N2/c1-5-24(6-2)22-17(3)21(23(22)4)20(18-13-9-7-10-14-18)19-15-11-8-12-16-19/h7-16H,5-6H2,1-4H3. The normalized spacial score (nSPS) is 13.8. The molecule has 0 fully saturated rings. The first-order valence-electron chi connectivity index (χ1n) is 8.74. The third-order valence-corrected chi connectivity index (χ3v) is 4.77. The highest BCUT2D eigenvalue weighted by molar-refractivity contribution is 5.85. The minimum absolute atomic E-state index is 1.03. The molecule has 0 unspecified atom stereocenters. The molecule has 0 radical (unpaired) electrons. The molecular formula is C22H26N2. The van der Waals surface area contributed by atoms with Crippen molar-refractivity contribution in [3.63, 3.8) is 0 Å². The Bertz CT molecular complexity index is 712. The van der Waals surface area contributed by atoms with E-state index in [1.807, 2.05) is 0 Å². The van der Waals surface area contributed by atoms with E-state index in [0.29, 0.717) is 0 Å². The summed E-state index contributed by atoms with van der Waals surface area (Å²) >= 11 is 0. The number of benzene rings is 2. The van der Waals surface area contributed by atoms with Crippen molar-refractivity contribution in [1.82, 2.24) is 9.80 Å². The molecule has 1 aliphatic rings. The van der Waals surface area contributed by atoms with Gasteiger partial charge in [-0.3, -0.25) is 0 Å². The minimum Gasteiger partial charge on any atom is -0.358 e. The van der Waals surface area contributed by atoms with Crippen LogP contribution in [0.3, 0.4) is 0 Å². The van der Waals surface area contributed by atoms with Crippen LogP contribution in [0.1, 0.15) is 31.9 Å². The summed E-state index contributed by atoms with van der Waals surface area (Å²) in [4.78, 5) is 4.77. The molecule has 0 spiro atoms. The monoisotopic (exact) mass is 318 g/mol. The summed E-state index contributed by atoms with van der Waals surface area (Å²) < 4.78 is 0. The van der Waals surface area contributed by atoms with E-state index in [4.69, 9.17) is 0 Å². The van der Waals surface area contributed by atoms with Crippen molar-refractivity contribution < 1.29 is 0 Å². The Morgan fingerprint density at radius 3 is 1.67 bits per heavy atom. The van der Waals surface area contributed by atoms with Crippen LogP contribution in [0.2, 0.25) is 0 Å². The minimum atomic E-state index is 1.03. The first-order chi connectivity index (χ1) is 11.7. The number of rotatable bonds is 5. The van der Waals surface area contributed by atoms with Gasteiger partial charge in [0.1, 0.15) is 5.82 Å². The summed E-state index contributed by atoms with van der Waals surface area (Å²) in [7, 11) is 2.18. The molecule has 2 aromatic rings. The lowest BCUT2D eigenvalue weighted by molar-refractivity contribution is 0.252. The Kier molecular flexibility index (Phi) is 4.75. The van der Waals surface area contributed by atoms with Crippen molar-refractivity contribution in [3.8, 4) is 0 Å².